The number of halogens is 4. The number of thiazole rings is 1. The largest absolute Gasteiger partial charge is 0.463 e. The number of carbonyl (C=O) groups is 1. The van der Waals surface area contributed by atoms with Crippen LogP contribution in [0.2, 0.25) is 0 Å². The van der Waals surface area contributed by atoms with Crippen molar-refractivity contribution in [2.24, 2.45) is 4.99 Å². The van der Waals surface area contributed by atoms with Gasteiger partial charge in [-0.3, -0.25) is 9.36 Å². The molecule has 1 aliphatic heterocycles. The van der Waals surface area contributed by atoms with E-state index in [0.717, 1.165) is 23.5 Å². The zero-order valence-corrected chi connectivity index (χ0v) is 21.4. The SMILES string of the molecule is CCOC(=O)C1=C(C)N=c2s/c(=C\c3ccc(-c4cccc(C(F)(F)F)c4)o3)c(=O)n2C1c1ccc(F)cc1. The summed E-state index contributed by atoms with van der Waals surface area (Å²) in [7, 11) is 0. The van der Waals surface area contributed by atoms with E-state index in [9.17, 15) is 27.2 Å². The van der Waals surface area contributed by atoms with Gasteiger partial charge in [-0.1, -0.05) is 35.6 Å². The number of carbonyl (C=O) groups excluding carboxylic acids is 1. The van der Waals surface area contributed by atoms with E-state index in [-0.39, 0.29) is 33.8 Å². The molecular weight excluding hydrogens is 536 g/mol. The van der Waals surface area contributed by atoms with Gasteiger partial charge >= 0.3 is 12.1 Å². The second kappa shape index (κ2) is 10.1. The number of hydrogen-bond donors (Lipinski definition) is 0. The van der Waals surface area contributed by atoms with Gasteiger partial charge in [-0.15, -0.1) is 0 Å². The van der Waals surface area contributed by atoms with Crippen LogP contribution in [-0.4, -0.2) is 17.1 Å². The van der Waals surface area contributed by atoms with Crippen LogP contribution >= 0.6 is 11.3 Å². The van der Waals surface area contributed by atoms with Crippen LogP contribution in [-0.2, 0) is 15.7 Å². The first kappa shape index (κ1) is 26.4. The summed E-state index contributed by atoms with van der Waals surface area (Å²) in [5.74, 6) is -0.671. The standard InChI is InChI=1S/C28H20F4N2O4S/c1-3-37-26(36)23-15(2)33-27-34(24(23)16-7-9-19(29)10-8-16)25(35)22(39-27)14-20-11-12-21(38-20)17-5-4-6-18(13-17)28(30,31)32/h4-14,24H,3H2,1-2H3/b22-14-. The lowest BCUT2D eigenvalue weighted by atomic mass is 9.96. The fourth-order valence-electron chi connectivity index (χ4n) is 4.32. The minimum absolute atomic E-state index is 0.114. The molecule has 4 aromatic rings. The summed E-state index contributed by atoms with van der Waals surface area (Å²) in [6.45, 7) is 3.41. The lowest BCUT2D eigenvalue weighted by molar-refractivity contribution is -0.139. The van der Waals surface area contributed by atoms with Gasteiger partial charge in [0, 0.05) is 11.6 Å². The highest BCUT2D eigenvalue weighted by Crippen LogP contribution is 2.33. The number of alkyl halides is 3. The highest BCUT2D eigenvalue weighted by atomic mass is 32.1. The van der Waals surface area contributed by atoms with Gasteiger partial charge in [0.2, 0.25) is 0 Å². The van der Waals surface area contributed by atoms with Crippen molar-refractivity contribution in [3.05, 3.63) is 114 Å². The third kappa shape index (κ3) is 5.09. The van der Waals surface area contributed by atoms with Gasteiger partial charge in [0.15, 0.2) is 4.80 Å². The molecule has 0 radical (unpaired) electrons. The molecule has 3 heterocycles. The highest BCUT2D eigenvalue weighted by molar-refractivity contribution is 7.07. The Bertz CT molecular complexity index is 1780. The molecule has 0 bridgehead atoms. The molecule has 0 saturated carbocycles. The third-order valence-corrected chi connectivity index (χ3v) is 7.06. The van der Waals surface area contributed by atoms with Gasteiger partial charge < -0.3 is 9.15 Å². The number of allylic oxidation sites excluding steroid dienone is 1. The predicted octanol–water partition coefficient (Wildman–Crippen LogP) is 5.22. The van der Waals surface area contributed by atoms with E-state index in [2.05, 4.69) is 4.99 Å². The van der Waals surface area contributed by atoms with Crippen molar-refractivity contribution in [2.45, 2.75) is 26.1 Å². The fourth-order valence-corrected chi connectivity index (χ4v) is 5.34. The number of nitrogens with zero attached hydrogens (tertiary/aromatic N) is 2. The van der Waals surface area contributed by atoms with Gasteiger partial charge in [0.25, 0.3) is 5.56 Å². The molecule has 6 nitrogen and oxygen atoms in total. The minimum atomic E-state index is -4.50. The molecule has 0 aliphatic carbocycles. The topological polar surface area (TPSA) is 73.8 Å². The van der Waals surface area contributed by atoms with Crippen LogP contribution in [0.1, 0.15) is 36.8 Å². The first-order valence-electron chi connectivity index (χ1n) is 11.8. The molecule has 39 heavy (non-hydrogen) atoms. The van der Waals surface area contributed by atoms with E-state index in [1.165, 1.54) is 53.1 Å². The summed E-state index contributed by atoms with van der Waals surface area (Å²) >= 11 is 1.06. The van der Waals surface area contributed by atoms with E-state index in [1.807, 2.05) is 0 Å². The minimum Gasteiger partial charge on any atom is -0.463 e. The van der Waals surface area contributed by atoms with Crippen LogP contribution in [0.25, 0.3) is 17.4 Å². The van der Waals surface area contributed by atoms with E-state index < -0.39 is 35.1 Å². The molecule has 0 fully saturated rings. The number of esters is 1. The molecule has 200 valence electrons. The monoisotopic (exact) mass is 556 g/mol. The second-order valence-electron chi connectivity index (χ2n) is 8.63. The normalized spacial score (nSPS) is 15.7. The van der Waals surface area contributed by atoms with Crippen LogP contribution in [0.4, 0.5) is 17.6 Å². The molecule has 1 atom stereocenters. The van der Waals surface area contributed by atoms with Crippen molar-refractivity contribution in [3.63, 3.8) is 0 Å². The lowest BCUT2D eigenvalue weighted by Gasteiger charge is -2.24. The van der Waals surface area contributed by atoms with Crippen LogP contribution < -0.4 is 14.9 Å². The summed E-state index contributed by atoms with van der Waals surface area (Å²) in [5, 5.41) is 0. The Kier molecular flexibility index (Phi) is 6.85. The lowest BCUT2D eigenvalue weighted by Crippen LogP contribution is -2.39. The molecule has 0 N–H and O–H groups in total. The number of furan rings is 1. The molecule has 2 aromatic carbocycles. The Balaban J connectivity index is 1.60. The molecule has 1 unspecified atom stereocenters. The average Bonchev–Trinajstić information content (AvgIpc) is 3.48. The number of ether oxygens (including phenoxy) is 1. The average molecular weight is 557 g/mol. The van der Waals surface area contributed by atoms with Gasteiger partial charge in [-0.2, -0.15) is 13.2 Å². The molecule has 11 heteroatoms. The Hall–Kier alpha value is -4.25. The van der Waals surface area contributed by atoms with Crippen molar-refractivity contribution in [1.82, 2.24) is 4.57 Å². The first-order chi connectivity index (χ1) is 18.6. The molecule has 2 aromatic heterocycles. The van der Waals surface area contributed by atoms with Crippen molar-refractivity contribution >= 4 is 23.4 Å². The van der Waals surface area contributed by atoms with Gasteiger partial charge in [-0.05, 0) is 55.8 Å². The van der Waals surface area contributed by atoms with E-state index in [0.29, 0.717) is 16.1 Å². The van der Waals surface area contributed by atoms with Gasteiger partial charge in [-0.25, -0.2) is 14.2 Å². The quantitative estimate of drug-likeness (QED) is 0.250. The Labute approximate surface area is 222 Å². The van der Waals surface area contributed by atoms with Crippen LogP contribution in [0.15, 0.2) is 86.1 Å². The number of aromatic nitrogens is 1. The zero-order chi connectivity index (χ0) is 27.9. The van der Waals surface area contributed by atoms with E-state index in [4.69, 9.17) is 9.15 Å². The summed E-state index contributed by atoms with van der Waals surface area (Å²) in [6, 6.07) is 12.3. The zero-order valence-electron chi connectivity index (χ0n) is 20.6. The Morgan fingerprint density at radius 1 is 1.15 bits per heavy atom. The van der Waals surface area contributed by atoms with Crippen LogP contribution in [0.3, 0.4) is 0 Å². The maximum Gasteiger partial charge on any atom is 0.416 e. The number of rotatable bonds is 5. The molecule has 0 amide bonds. The van der Waals surface area contributed by atoms with E-state index in [1.54, 1.807) is 19.9 Å². The van der Waals surface area contributed by atoms with Gasteiger partial charge in [0.05, 0.1) is 34.0 Å². The summed E-state index contributed by atoms with van der Waals surface area (Å²) in [5.41, 5.74) is -0.0324. The molecular formula is C28H20F4N2O4S. The third-order valence-electron chi connectivity index (χ3n) is 6.08. The summed E-state index contributed by atoms with van der Waals surface area (Å²) in [4.78, 5) is 31.3. The maximum absolute atomic E-state index is 13.7. The van der Waals surface area contributed by atoms with Crippen LogP contribution in [0.5, 0.6) is 0 Å². The summed E-state index contributed by atoms with van der Waals surface area (Å²) in [6.07, 6.45) is -3.03. The van der Waals surface area contributed by atoms with Crippen molar-refractivity contribution in [1.29, 1.82) is 0 Å². The van der Waals surface area contributed by atoms with Crippen molar-refractivity contribution in [2.75, 3.05) is 6.61 Å². The summed E-state index contributed by atoms with van der Waals surface area (Å²) < 4.78 is 65.6. The van der Waals surface area contributed by atoms with Gasteiger partial charge in [0.1, 0.15) is 17.3 Å². The van der Waals surface area contributed by atoms with Crippen LogP contribution in [0, 0.1) is 5.82 Å². The van der Waals surface area contributed by atoms with E-state index >= 15 is 0 Å². The Morgan fingerprint density at radius 3 is 2.59 bits per heavy atom. The number of fused-ring (bicyclic) bond motifs is 1. The fraction of sp³-hybridized carbons (Fsp3) is 0.179. The maximum atomic E-state index is 13.7. The molecule has 0 spiro atoms. The Morgan fingerprint density at radius 2 is 1.90 bits per heavy atom. The molecule has 1 aliphatic rings. The highest BCUT2D eigenvalue weighted by Gasteiger charge is 2.33. The first-order valence-corrected chi connectivity index (χ1v) is 12.6. The number of hydrogen-bond acceptors (Lipinski definition) is 6. The molecule has 0 saturated heterocycles. The molecule has 5 rings (SSSR count). The van der Waals surface area contributed by atoms with Crippen molar-refractivity contribution < 1.29 is 31.5 Å². The smallest absolute Gasteiger partial charge is 0.416 e. The van der Waals surface area contributed by atoms with Crippen molar-refractivity contribution in [3.8, 4) is 11.3 Å². The second-order valence-corrected chi connectivity index (χ2v) is 9.64. The predicted molar refractivity (Wildman–Crippen MR) is 136 cm³/mol. The number of benzene rings is 2.